The van der Waals surface area contributed by atoms with Gasteiger partial charge in [0.15, 0.2) is 0 Å². The summed E-state index contributed by atoms with van der Waals surface area (Å²) in [6.45, 7) is 2.23. The quantitative estimate of drug-likeness (QED) is 0.824. The van der Waals surface area contributed by atoms with E-state index in [4.69, 9.17) is 10.3 Å². The van der Waals surface area contributed by atoms with Gasteiger partial charge in [-0.3, -0.25) is 0 Å². The van der Waals surface area contributed by atoms with E-state index in [2.05, 4.69) is 17.1 Å². The second-order valence-corrected chi connectivity index (χ2v) is 5.15. The van der Waals surface area contributed by atoms with Crippen LogP contribution in [0.15, 0.2) is 4.52 Å². The first-order valence-electron chi connectivity index (χ1n) is 5.82. The predicted molar refractivity (Wildman–Crippen MR) is 62.1 cm³/mol. The Morgan fingerprint density at radius 3 is 2.81 bits per heavy atom. The first-order chi connectivity index (χ1) is 7.51. The van der Waals surface area contributed by atoms with Crippen molar-refractivity contribution in [2.45, 2.75) is 38.1 Å². The fraction of sp³-hybridized carbons (Fsp3) is 0.818. The molecule has 0 amide bonds. The molecular weight excluding hydrogens is 204 g/mol. The highest BCUT2D eigenvalue weighted by Gasteiger charge is 2.37. The lowest BCUT2D eigenvalue weighted by atomic mass is 9.77. The van der Waals surface area contributed by atoms with Gasteiger partial charge in [0.1, 0.15) is 0 Å². The van der Waals surface area contributed by atoms with E-state index < -0.39 is 5.54 Å². The predicted octanol–water partition coefficient (Wildman–Crippen LogP) is 1.50. The maximum atomic E-state index is 6.37. The SMILES string of the molecule is CC1CCCC(N)(c2nc(N(C)C)no2)C1. The average molecular weight is 224 g/mol. The smallest absolute Gasteiger partial charge is 0.265 e. The summed E-state index contributed by atoms with van der Waals surface area (Å²) in [5, 5.41) is 3.92. The highest BCUT2D eigenvalue weighted by Crippen LogP contribution is 2.37. The molecule has 5 nitrogen and oxygen atoms in total. The normalized spacial score (nSPS) is 30.4. The van der Waals surface area contributed by atoms with Crippen molar-refractivity contribution >= 4 is 5.95 Å². The van der Waals surface area contributed by atoms with E-state index in [1.54, 1.807) is 0 Å². The molecule has 1 aliphatic rings. The Balaban J connectivity index is 2.21. The highest BCUT2D eigenvalue weighted by atomic mass is 16.5. The monoisotopic (exact) mass is 224 g/mol. The summed E-state index contributed by atoms with van der Waals surface area (Å²) in [5.74, 6) is 1.81. The molecule has 0 spiro atoms. The first kappa shape index (κ1) is 11.4. The van der Waals surface area contributed by atoms with E-state index in [0.29, 0.717) is 17.8 Å². The first-order valence-corrected chi connectivity index (χ1v) is 5.82. The highest BCUT2D eigenvalue weighted by molar-refractivity contribution is 5.25. The molecule has 0 saturated heterocycles. The summed E-state index contributed by atoms with van der Waals surface area (Å²) in [6, 6.07) is 0. The molecule has 1 aromatic rings. The van der Waals surface area contributed by atoms with Crippen LogP contribution in [-0.2, 0) is 5.54 Å². The van der Waals surface area contributed by atoms with E-state index >= 15 is 0 Å². The topological polar surface area (TPSA) is 68.2 Å². The van der Waals surface area contributed by atoms with Gasteiger partial charge < -0.3 is 15.2 Å². The third-order valence-electron chi connectivity index (χ3n) is 3.27. The molecule has 1 fully saturated rings. The molecular formula is C11H20N4O. The molecule has 0 bridgehead atoms. The van der Waals surface area contributed by atoms with Crippen LogP contribution in [0.3, 0.4) is 0 Å². The van der Waals surface area contributed by atoms with E-state index in [1.165, 1.54) is 6.42 Å². The molecule has 1 aromatic heterocycles. The van der Waals surface area contributed by atoms with Crippen molar-refractivity contribution in [2.75, 3.05) is 19.0 Å². The molecule has 16 heavy (non-hydrogen) atoms. The van der Waals surface area contributed by atoms with Gasteiger partial charge in [-0.25, -0.2) is 0 Å². The Morgan fingerprint density at radius 2 is 2.25 bits per heavy atom. The molecule has 0 aliphatic heterocycles. The second-order valence-electron chi connectivity index (χ2n) is 5.15. The van der Waals surface area contributed by atoms with Crippen molar-refractivity contribution in [1.29, 1.82) is 0 Å². The Labute approximate surface area is 96.0 Å². The van der Waals surface area contributed by atoms with Crippen LogP contribution in [-0.4, -0.2) is 24.2 Å². The van der Waals surface area contributed by atoms with Crippen LogP contribution >= 0.6 is 0 Å². The van der Waals surface area contributed by atoms with Gasteiger partial charge in [0, 0.05) is 14.1 Å². The fourth-order valence-electron chi connectivity index (χ4n) is 2.39. The van der Waals surface area contributed by atoms with Crippen molar-refractivity contribution in [3.05, 3.63) is 5.89 Å². The summed E-state index contributed by atoms with van der Waals surface area (Å²) in [7, 11) is 3.78. The zero-order valence-electron chi connectivity index (χ0n) is 10.2. The number of hydrogen-bond acceptors (Lipinski definition) is 5. The van der Waals surface area contributed by atoms with Crippen LogP contribution in [0.25, 0.3) is 0 Å². The van der Waals surface area contributed by atoms with Gasteiger partial charge in [-0.15, -0.1) is 0 Å². The van der Waals surface area contributed by atoms with Gasteiger partial charge in [0.05, 0.1) is 5.54 Å². The number of anilines is 1. The van der Waals surface area contributed by atoms with Gasteiger partial charge in [0.25, 0.3) is 5.95 Å². The minimum absolute atomic E-state index is 0.418. The van der Waals surface area contributed by atoms with Crippen LogP contribution in [0.5, 0.6) is 0 Å². The molecule has 2 rings (SSSR count). The van der Waals surface area contributed by atoms with E-state index in [1.807, 2.05) is 19.0 Å². The minimum atomic E-state index is -0.418. The molecule has 1 heterocycles. The van der Waals surface area contributed by atoms with Crippen LogP contribution in [0.1, 0.15) is 38.5 Å². The zero-order chi connectivity index (χ0) is 11.8. The molecule has 5 heteroatoms. The summed E-state index contributed by atoms with van der Waals surface area (Å²) < 4.78 is 5.29. The van der Waals surface area contributed by atoms with Crippen molar-refractivity contribution < 1.29 is 4.52 Å². The third-order valence-corrected chi connectivity index (χ3v) is 3.27. The molecule has 2 N–H and O–H groups in total. The Bertz CT molecular complexity index is 363. The van der Waals surface area contributed by atoms with Gasteiger partial charge in [-0.2, -0.15) is 4.98 Å². The van der Waals surface area contributed by atoms with Gasteiger partial charge >= 0.3 is 0 Å². The Kier molecular flexibility index (Phi) is 2.88. The van der Waals surface area contributed by atoms with E-state index in [0.717, 1.165) is 19.3 Å². The zero-order valence-corrected chi connectivity index (χ0v) is 10.2. The maximum absolute atomic E-state index is 6.37. The van der Waals surface area contributed by atoms with Crippen molar-refractivity contribution in [3.8, 4) is 0 Å². The average Bonchev–Trinajstić information content (AvgIpc) is 2.66. The fourth-order valence-corrected chi connectivity index (χ4v) is 2.39. The van der Waals surface area contributed by atoms with Crippen molar-refractivity contribution in [3.63, 3.8) is 0 Å². The Hall–Kier alpha value is -1.10. The maximum Gasteiger partial charge on any atom is 0.265 e. The molecule has 0 aromatic carbocycles. The van der Waals surface area contributed by atoms with Gasteiger partial charge in [-0.1, -0.05) is 19.8 Å². The third kappa shape index (κ3) is 2.04. The summed E-state index contributed by atoms with van der Waals surface area (Å²) in [6.07, 6.45) is 4.25. The summed E-state index contributed by atoms with van der Waals surface area (Å²) >= 11 is 0. The van der Waals surface area contributed by atoms with Gasteiger partial charge in [0.2, 0.25) is 5.89 Å². The van der Waals surface area contributed by atoms with Crippen molar-refractivity contribution in [2.24, 2.45) is 11.7 Å². The standard InChI is InChI=1S/C11H20N4O/c1-8-5-4-6-11(12,7-8)9-13-10(14-16-9)15(2)3/h8H,4-7,12H2,1-3H3. The number of nitrogens with zero attached hydrogens (tertiary/aromatic N) is 3. The second kappa shape index (κ2) is 4.05. The molecule has 2 atom stereocenters. The van der Waals surface area contributed by atoms with E-state index in [-0.39, 0.29) is 0 Å². The van der Waals surface area contributed by atoms with Crippen LogP contribution in [0.4, 0.5) is 5.95 Å². The molecule has 1 saturated carbocycles. The van der Waals surface area contributed by atoms with Crippen LogP contribution in [0.2, 0.25) is 0 Å². The lowest BCUT2D eigenvalue weighted by Crippen LogP contribution is -2.41. The lowest BCUT2D eigenvalue weighted by Gasteiger charge is -2.33. The molecule has 2 unspecified atom stereocenters. The van der Waals surface area contributed by atoms with E-state index in [9.17, 15) is 0 Å². The summed E-state index contributed by atoms with van der Waals surface area (Å²) in [4.78, 5) is 6.18. The largest absolute Gasteiger partial charge is 0.344 e. The van der Waals surface area contributed by atoms with Crippen LogP contribution < -0.4 is 10.6 Å². The number of aromatic nitrogens is 2. The number of nitrogens with two attached hydrogens (primary N) is 1. The van der Waals surface area contributed by atoms with Crippen LogP contribution in [0, 0.1) is 5.92 Å². The number of hydrogen-bond donors (Lipinski definition) is 1. The number of rotatable bonds is 2. The molecule has 1 aliphatic carbocycles. The van der Waals surface area contributed by atoms with Crippen molar-refractivity contribution in [1.82, 2.24) is 10.1 Å². The molecule has 0 radical (unpaired) electrons. The lowest BCUT2D eigenvalue weighted by molar-refractivity contribution is 0.183. The van der Waals surface area contributed by atoms with Gasteiger partial charge in [-0.05, 0) is 23.9 Å². The molecule has 90 valence electrons. The Morgan fingerprint density at radius 1 is 1.50 bits per heavy atom. The summed E-state index contributed by atoms with van der Waals surface area (Å²) in [5.41, 5.74) is 5.95. The minimum Gasteiger partial charge on any atom is -0.344 e.